The highest BCUT2D eigenvalue weighted by Gasteiger charge is 2.03. The lowest BCUT2D eigenvalue weighted by atomic mass is 10.1. The topological polar surface area (TPSA) is 52.9 Å². The Bertz CT molecular complexity index is 362. The third-order valence-corrected chi connectivity index (χ3v) is 2.08. The molecule has 0 bridgehead atoms. The van der Waals surface area contributed by atoms with Gasteiger partial charge in [-0.3, -0.25) is 4.79 Å². The fraction of sp³-hybridized carbons (Fsp3) is 0.333. The second-order valence-corrected chi connectivity index (χ2v) is 3.29. The van der Waals surface area contributed by atoms with E-state index in [1.165, 1.54) is 5.56 Å². The molecule has 1 aromatic carbocycles. The van der Waals surface area contributed by atoms with E-state index in [0.29, 0.717) is 5.56 Å². The molecule has 78 valence electrons. The molecule has 0 aliphatic carbocycles. The van der Waals surface area contributed by atoms with Gasteiger partial charge in [-0.25, -0.2) is 0 Å². The molecular formula is C12H14N2O. The van der Waals surface area contributed by atoms with Gasteiger partial charge in [0.1, 0.15) is 6.54 Å². The van der Waals surface area contributed by atoms with Crippen LogP contribution in [0.2, 0.25) is 0 Å². The van der Waals surface area contributed by atoms with Crippen molar-refractivity contribution < 1.29 is 4.79 Å². The predicted octanol–water partition coefficient (Wildman–Crippen LogP) is 1.89. The molecule has 0 aromatic heterocycles. The minimum atomic E-state index is -0.195. The van der Waals surface area contributed by atoms with Crippen LogP contribution in [0.4, 0.5) is 0 Å². The van der Waals surface area contributed by atoms with E-state index in [0.717, 1.165) is 12.8 Å². The van der Waals surface area contributed by atoms with Gasteiger partial charge in [0, 0.05) is 5.56 Å². The Labute approximate surface area is 89.7 Å². The molecule has 3 heteroatoms. The van der Waals surface area contributed by atoms with E-state index in [1.807, 2.05) is 18.2 Å². The first-order valence-electron chi connectivity index (χ1n) is 5.02. The van der Waals surface area contributed by atoms with E-state index in [1.54, 1.807) is 12.1 Å². The van der Waals surface area contributed by atoms with Crippen LogP contribution in [0, 0.1) is 11.3 Å². The van der Waals surface area contributed by atoms with Gasteiger partial charge in [0.25, 0.3) is 5.91 Å². The van der Waals surface area contributed by atoms with Crippen molar-refractivity contribution in [3.63, 3.8) is 0 Å². The number of aryl methyl sites for hydroxylation is 1. The van der Waals surface area contributed by atoms with Crippen LogP contribution >= 0.6 is 0 Å². The predicted molar refractivity (Wildman–Crippen MR) is 58.4 cm³/mol. The SMILES string of the molecule is CCCc1ccc(C(=O)NCC#N)cc1. The zero-order valence-electron chi connectivity index (χ0n) is 8.79. The Morgan fingerprint density at radius 2 is 2.07 bits per heavy atom. The molecule has 0 heterocycles. The van der Waals surface area contributed by atoms with Crippen LogP contribution in [0.15, 0.2) is 24.3 Å². The molecule has 0 spiro atoms. The summed E-state index contributed by atoms with van der Waals surface area (Å²) in [6.07, 6.45) is 2.13. The Kier molecular flexibility index (Phi) is 4.36. The molecule has 0 radical (unpaired) electrons. The average Bonchev–Trinajstić information content (AvgIpc) is 2.27. The van der Waals surface area contributed by atoms with Crippen LogP contribution in [0.3, 0.4) is 0 Å². The van der Waals surface area contributed by atoms with Crippen LogP contribution in [-0.4, -0.2) is 12.5 Å². The number of hydrogen-bond acceptors (Lipinski definition) is 2. The number of rotatable bonds is 4. The molecule has 15 heavy (non-hydrogen) atoms. The number of carbonyl (C=O) groups excluding carboxylic acids is 1. The van der Waals surface area contributed by atoms with Gasteiger partial charge in [-0.05, 0) is 24.1 Å². The first-order valence-corrected chi connectivity index (χ1v) is 5.02. The quantitative estimate of drug-likeness (QED) is 0.758. The maximum absolute atomic E-state index is 11.4. The molecular weight excluding hydrogens is 188 g/mol. The van der Waals surface area contributed by atoms with Gasteiger partial charge in [-0.1, -0.05) is 25.5 Å². The Balaban J connectivity index is 2.63. The van der Waals surface area contributed by atoms with Crippen molar-refractivity contribution in [1.82, 2.24) is 5.32 Å². The summed E-state index contributed by atoms with van der Waals surface area (Å²) in [6, 6.07) is 9.35. The lowest BCUT2D eigenvalue weighted by Crippen LogP contribution is -2.23. The van der Waals surface area contributed by atoms with Gasteiger partial charge in [0.15, 0.2) is 0 Å². The van der Waals surface area contributed by atoms with Gasteiger partial charge in [-0.2, -0.15) is 5.26 Å². The minimum absolute atomic E-state index is 0.0511. The lowest BCUT2D eigenvalue weighted by Gasteiger charge is -2.02. The van der Waals surface area contributed by atoms with Gasteiger partial charge in [0.2, 0.25) is 0 Å². The van der Waals surface area contributed by atoms with E-state index in [9.17, 15) is 4.79 Å². The summed E-state index contributed by atoms with van der Waals surface area (Å²) in [7, 11) is 0. The number of carbonyl (C=O) groups is 1. The molecule has 0 fully saturated rings. The van der Waals surface area contributed by atoms with E-state index < -0.39 is 0 Å². The number of nitriles is 1. The minimum Gasteiger partial charge on any atom is -0.339 e. The first-order chi connectivity index (χ1) is 7.27. The normalized spacial score (nSPS) is 9.33. The van der Waals surface area contributed by atoms with Crippen LogP contribution < -0.4 is 5.32 Å². The smallest absolute Gasteiger partial charge is 0.252 e. The molecule has 3 nitrogen and oxygen atoms in total. The Morgan fingerprint density at radius 1 is 1.40 bits per heavy atom. The number of nitrogens with zero attached hydrogens (tertiary/aromatic N) is 1. The molecule has 0 aliphatic rings. The number of benzene rings is 1. The highest BCUT2D eigenvalue weighted by atomic mass is 16.1. The van der Waals surface area contributed by atoms with Crippen LogP contribution in [-0.2, 0) is 6.42 Å². The molecule has 0 saturated carbocycles. The highest BCUT2D eigenvalue weighted by molar-refractivity contribution is 5.94. The molecule has 1 amide bonds. The van der Waals surface area contributed by atoms with Crippen LogP contribution in [0.25, 0.3) is 0 Å². The molecule has 1 rings (SSSR count). The lowest BCUT2D eigenvalue weighted by molar-refractivity contribution is 0.0958. The van der Waals surface area contributed by atoms with Crippen molar-refractivity contribution in [1.29, 1.82) is 5.26 Å². The third-order valence-electron chi connectivity index (χ3n) is 2.08. The summed E-state index contributed by atoms with van der Waals surface area (Å²) in [5, 5.41) is 10.8. The average molecular weight is 202 g/mol. The zero-order chi connectivity index (χ0) is 11.1. The maximum Gasteiger partial charge on any atom is 0.252 e. The van der Waals surface area contributed by atoms with E-state index in [4.69, 9.17) is 5.26 Å². The summed E-state index contributed by atoms with van der Waals surface area (Å²) < 4.78 is 0. The fourth-order valence-corrected chi connectivity index (χ4v) is 1.33. The van der Waals surface area contributed by atoms with Gasteiger partial charge < -0.3 is 5.32 Å². The maximum atomic E-state index is 11.4. The van der Waals surface area contributed by atoms with Crippen molar-refractivity contribution in [2.24, 2.45) is 0 Å². The van der Waals surface area contributed by atoms with Gasteiger partial charge in [0.05, 0.1) is 6.07 Å². The fourth-order valence-electron chi connectivity index (χ4n) is 1.33. The van der Waals surface area contributed by atoms with E-state index in [2.05, 4.69) is 12.2 Å². The summed E-state index contributed by atoms with van der Waals surface area (Å²) >= 11 is 0. The van der Waals surface area contributed by atoms with Gasteiger partial charge in [-0.15, -0.1) is 0 Å². The molecule has 0 unspecified atom stereocenters. The van der Waals surface area contributed by atoms with Crippen molar-refractivity contribution in [3.05, 3.63) is 35.4 Å². The second kappa shape index (κ2) is 5.82. The van der Waals surface area contributed by atoms with Crippen molar-refractivity contribution >= 4 is 5.91 Å². The second-order valence-electron chi connectivity index (χ2n) is 3.29. The molecule has 1 N–H and O–H groups in total. The molecule has 0 atom stereocenters. The summed E-state index contributed by atoms with van der Waals surface area (Å²) in [4.78, 5) is 11.4. The summed E-state index contributed by atoms with van der Waals surface area (Å²) in [5.74, 6) is -0.195. The zero-order valence-corrected chi connectivity index (χ0v) is 8.79. The molecule has 1 aromatic rings. The van der Waals surface area contributed by atoms with Crippen molar-refractivity contribution in [2.75, 3.05) is 6.54 Å². The van der Waals surface area contributed by atoms with E-state index >= 15 is 0 Å². The number of nitrogens with one attached hydrogen (secondary N) is 1. The Morgan fingerprint density at radius 3 is 2.60 bits per heavy atom. The Hall–Kier alpha value is -1.82. The number of hydrogen-bond donors (Lipinski definition) is 1. The standard InChI is InChI=1S/C12H14N2O/c1-2-3-10-4-6-11(7-5-10)12(15)14-9-8-13/h4-7H,2-3,9H2,1H3,(H,14,15). The summed E-state index contributed by atoms with van der Waals surface area (Å²) in [5.41, 5.74) is 1.83. The highest BCUT2D eigenvalue weighted by Crippen LogP contribution is 2.06. The summed E-state index contributed by atoms with van der Waals surface area (Å²) in [6.45, 7) is 2.17. The van der Waals surface area contributed by atoms with Gasteiger partial charge >= 0.3 is 0 Å². The first kappa shape index (κ1) is 11.3. The van der Waals surface area contributed by atoms with E-state index in [-0.39, 0.29) is 12.5 Å². The molecule has 0 aliphatic heterocycles. The van der Waals surface area contributed by atoms with Crippen molar-refractivity contribution in [3.8, 4) is 6.07 Å². The molecule has 0 saturated heterocycles. The third kappa shape index (κ3) is 3.43. The number of amides is 1. The van der Waals surface area contributed by atoms with Crippen LogP contribution in [0.5, 0.6) is 0 Å². The monoisotopic (exact) mass is 202 g/mol. The van der Waals surface area contributed by atoms with Crippen LogP contribution in [0.1, 0.15) is 29.3 Å². The van der Waals surface area contributed by atoms with Crippen molar-refractivity contribution in [2.45, 2.75) is 19.8 Å². The largest absolute Gasteiger partial charge is 0.339 e.